The zero-order chi connectivity index (χ0) is 14.8. The molecule has 1 N–H and O–H groups in total. The van der Waals surface area contributed by atoms with Gasteiger partial charge in [0.25, 0.3) is 0 Å². The van der Waals surface area contributed by atoms with Crippen molar-refractivity contribution in [3.63, 3.8) is 0 Å². The first-order valence-electron chi connectivity index (χ1n) is 6.86. The average molecular weight is 300 g/mol. The number of nitrogens with one attached hydrogen (secondary N) is 1. The van der Waals surface area contributed by atoms with E-state index in [0.717, 1.165) is 25.1 Å². The van der Waals surface area contributed by atoms with E-state index in [9.17, 15) is 4.79 Å². The van der Waals surface area contributed by atoms with Crippen LogP contribution < -0.4 is 10.1 Å². The van der Waals surface area contributed by atoms with Crippen LogP contribution in [0.25, 0.3) is 0 Å². The lowest BCUT2D eigenvalue weighted by Gasteiger charge is -2.13. The Kier molecular flexibility index (Phi) is 8.07. The Labute approximate surface area is 125 Å². The van der Waals surface area contributed by atoms with E-state index >= 15 is 0 Å². The van der Waals surface area contributed by atoms with Crippen LogP contribution in [0.15, 0.2) is 18.2 Å². The van der Waals surface area contributed by atoms with Gasteiger partial charge in [-0.05, 0) is 25.5 Å². The van der Waals surface area contributed by atoms with E-state index in [4.69, 9.17) is 16.3 Å². The van der Waals surface area contributed by atoms with Crippen LogP contribution in [0.1, 0.15) is 31.7 Å². The number of methoxy groups -OCH3 is 1. The lowest BCUT2D eigenvalue weighted by molar-refractivity contribution is -0.140. The molecule has 0 aliphatic heterocycles. The lowest BCUT2D eigenvalue weighted by atomic mass is 10.2. The molecule has 0 heterocycles. The van der Waals surface area contributed by atoms with E-state index in [0.29, 0.717) is 30.2 Å². The molecule has 4 nitrogen and oxygen atoms in total. The highest BCUT2D eigenvalue weighted by Crippen LogP contribution is 2.28. The first kappa shape index (κ1) is 16.8. The van der Waals surface area contributed by atoms with Crippen LogP contribution in [0.4, 0.5) is 0 Å². The molecular weight excluding hydrogens is 278 g/mol. The van der Waals surface area contributed by atoms with Crippen molar-refractivity contribution >= 4 is 17.6 Å². The Hall–Kier alpha value is -1.26. The molecule has 0 saturated heterocycles. The number of para-hydroxylation sites is 1. The predicted octanol–water partition coefficient (Wildman–Crippen LogP) is 3.17. The van der Waals surface area contributed by atoms with Crippen molar-refractivity contribution in [2.75, 3.05) is 20.3 Å². The molecule has 20 heavy (non-hydrogen) atoms. The third kappa shape index (κ3) is 5.80. The number of benzene rings is 1. The first-order chi connectivity index (χ1) is 9.69. The third-order valence-corrected chi connectivity index (χ3v) is 3.09. The summed E-state index contributed by atoms with van der Waals surface area (Å²) in [5.74, 6) is 0.472. The van der Waals surface area contributed by atoms with Crippen LogP contribution in [0, 0.1) is 0 Å². The minimum absolute atomic E-state index is 0.224. The second kappa shape index (κ2) is 9.61. The molecule has 0 atom stereocenters. The van der Waals surface area contributed by atoms with Crippen LogP contribution in [-0.2, 0) is 16.1 Å². The summed E-state index contributed by atoms with van der Waals surface area (Å²) in [7, 11) is 1.38. The van der Waals surface area contributed by atoms with Crippen LogP contribution >= 0.6 is 11.6 Å². The van der Waals surface area contributed by atoms with E-state index in [1.54, 1.807) is 6.07 Å². The van der Waals surface area contributed by atoms with Crippen molar-refractivity contribution in [1.82, 2.24) is 5.32 Å². The van der Waals surface area contributed by atoms with Crippen LogP contribution in [0.2, 0.25) is 5.02 Å². The summed E-state index contributed by atoms with van der Waals surface area (Å²) in [6.07, 6.45) is 2.04. The largest absolute Gasteiger partial charge is 0.492 e. The highest BCUT2D eigenvalue weighted by atomic mass is 35.5. The van der Waals surface area contributed by atoms with Crippen LogP contribution in [0.3, 0.4) is 0 Å². The van der Waals surface area contributed by atoms with E-state index in [2.05, 4.69) is 17.0 Å². The van der Waals surface area contributed by atoms with Gasteiger partial charge in [0.1, 0.15) is 5.75 Å². The first-order valence-corrected chi connectivity index (χ1v) is 7.24. The van der Waals surface area contributed by atoms with E-state index in [1.165, 1.54) is 7.11 Å². The molecule has 112 valence electrons. The van der Waals surface area contributed by atoms with Gasteiger partial charge >= 0.3 is 5.97 Å². The molecule has 0 spiro atoms. The quantitative estimate of drug-likeness (QED) is 0.562. The van der Waals surface area contributed by atoms with Gasteiger partial charge in [0, 0.05) is 18.5 Å². The highest BCUT2D eigenvalue weighted by Gasteiger charge is 2.08. The number of halogens is 1. The average Bonchev–Trinajstić information content (AvgIpc) is 2.45. The van der Waals surface area contributed by atoms with Gasteiger partial charge in [0.2, 0.25) is 0 Å². The fourth-order valence-corrected chi connectivity index (χ4v) is 2.00. The molecule has 0 bridgehead atoms. The summed E-state index contributed by atoms with van der Waals surface area (Å²) in [6, 6.07) is 5.71. The Morgan fingerprint density at radius 3 is 2.90 bits per heavy atom. The smallest absolute Gasteiger partial charge is 0.305 e. The monoisotopic (exact) mass is 299 g/mol. The molecular formula is C15H22ClNO3. The van der Waals surface area contributed by atoms with E-state index in [1.807, 2.05) is 12.1 Å². The van der Waals surface area contributed by atoms with Crippen LogP contribution in [-0.4, -0.2) is 26.2 Å². The molecule has 0 saturated carbocycles. The number of hydrogen-bond acceptors (Lipinski definition) is 4. The predicted molar refractivity (Wildman–Crippen MR) is 80.2 cm³/mol. The van der Waals surface area contributed by atoms with Crippen molar-refractivity contribution in [2.24, 2.45) is 0 Å². The van der Waals surface area contributed by atoms with Gasteiger partial charge in [0.05, 0.1) is 18.7 Å². The number of ether oxygens (including phenoxy) is 2. The molecule has 0 fully saturated rings. The van der Waals surface area contributed by atoms with Gasteiger partial charge in [-0.25, -0.2) is 0 Å². The van der Waals surface area contributed by atoms with Gasteiger partial charge < -0.3 is 14.8 Å². The molecule has 1 aromatic carbocycles. The molecule has 0 aliphatic rings. The van der Waals surface area contributed by atoms with Crippen molar-refractivity contribution in [3.8, 4) is 5.75 Å². The van der Waals surface area contributed by atoms with Crippen molar-refractivity contribution in [1.29, 1.82) is 0 Å². The molecule has 0 aromatic heterocycles. The molecule has 0 unspecified atom stereocenters. The Morgan fingerprint density at radius 2 is 2.20 bits per heavy atom. The maximum Gasteiger partial charge on any atom is 0.305 e. The Morgan fingerprint density at radius 1 is 1.40 bits per heavy atom. The standard InChI is InChI=1S/C15H22ClNO3/c1-3-9-17-11-12-6-4-7-13(16)15(12)20-10-5-8-14(18)19-2/h4,6-7,17H,3,5,8-11H2,1-2H3. The fourth-order valence-electron chi connectivity index (χ4n) is 1.75. The number of rotatable bonds is 9. The van der Waals surface area contributed by atoms with Gasteiger partial charge in [-0.3, -0.25) is 4.79 Å². The van der Waals surface area contributed by atoms with Gasteiger partial charge in [-0.1, -0.05) is 30.7 Å². The lowest BCUT2D eigenvalue weighted by Crippen LogP contribution is -2.15. The third-order valence-electron chi connectivity index (χ3n) is 2.79. The fraction of sp³-hybridized carbons (Fsp3) is 0.533. The second-order valence-electron chi connectivity index (χ2n) is 4.43. The van der Waals surface area contributed by atoms with Crippen LogP contribution in [0.5, 0.6) is 5.75 Å². The van der Waals surface area contributed by atoms with Crippen molar-refractivity contribution in [3.05, 3.63) is 28.8 Å². The Balaban J connectivity index is 2.51. The molecule has 1 aromatic rings. The van der Waals surface area contributed by atoms with Crippen molar-refractivity contribution in [2.45, 2.75) is 32.7 Å². The summed E-state index contributed by atoms with van der Waals surface area (Å²) < 4.78 is 10.3. The minimum atomic E-state index is -0.224. The Bertz CT molecular complexity index is 424. The summed E-state index contributed by atoms with van der Waals surface area (Å²) >= 11 is 6.17. The summed E-state index contributed by atoms with van der Waals surface area (Å²) in [6.45, 7) is 4.24. The molecule has 0 radical (unpaired) electrons. The number of carbonyl (C=O) groups excluding carboxylic acids is 1. The van der Waals surface area contributed by atoms with E-state index < -0.39 is 0 Å². The summed E-state index contributed by atoms with van der Waals surface area (Å²) in [5.41, 5.74) is 1.03. The van der Waals surface area contributed by atoms with E-state index in [-0.39, 0.29) is 5.97 Å². The number of hydrogen-bond donors (Lipinski definition) is 1. The zero-order valence-corrected chi connectivity index (χ0v) is 12.8. The molecule has 5 heteroatoms. The topological polar surface area (TPSA) is 47.6 Å². The second-order valence-corrected chi connectivity index (χ2v) is 4.84. The molecule has 1 rings (SSSR count). The maximum atomic E-state index is 11.0. The summed E-state index contributed by atoms with van der Waals surface area (Å²) in [5, 5.41) is 3.92. The minimum Gasteiger partial charge on any atom is -0.492 e. The normalized spacial score (nSPS) is 10.3. The van der Waals surface area contributed by atoms with Crippen molar-refractivity contribution < 1.29 is 14.3 Å². The summed E-state index contributed by atoms with van der Waals surface area (Å²) in [4.78, 5) is 11.0. The zero-order valence-electron chi connectivity index (χ0n) is 12.1. The molecule has 0 aliphatic carbocycles. The van der Waals surface area contributed by atoms with Gasteiger partial charge in [-0.2, -0.15) is 0 Å². The highest BCUT2D eigenvalue weighted by molar-refractivity contribution is 6.32. The molecule has 0 amide bonds. The number of esters is 1. The SMILES string of the molecule is CCCNCc1cccc(Cl)c1OCCCC(=O)OC. The maximum absolute atomic E-state index is 11.0. The van der Waals surface area contributed by atoms with Gasteiger partial charge in [0.15, 0.2) is 0 Å². The van der Waals surface area contributed by atoms with Gasteiger partial charge in [-0.15, -0.1) is 0 Å². The number of carbonyl (C=O) groups is 1.